The van der Waals surface area contributed by atoms with Gasteiger partial charge >= 0.3 is 5.97 Å². The van der Waals surface area contributed by atoms with Crippen molar-refractivity contribution in [2.45, 2.75) is 52.9 Å². The molecule has 0 heterocycles. The molecule has 6 nitrogen and oxygen atoms in total. The molecule has 1 amide bonds. The number of hydrogen-bond acceptors (Lipinski definition) is 5. The third-order valence-electron chi connectivity index (χ3n) is 5.19. The number of nitrogens with one attached hydrogen (secondary N) is 1. The number of amides is 1. The van der Waals surface area contributed by atoms with E-state index in [-0.39, 0.29) is 11.9 Å². The molecule has 0 aromatic heterocycles. The van der Waals surface area contributed by atoms with Crippen molar-refractivity contribution in [3.8, 4) is 11.5 Å². The quantitative estimate of drug-likeness (QED) is 0.195. The number of esters is 1. The largest absolute Gasteiger partial charge is 0.493 e. The van der Waals surface area contributed by atoms with Crippen LogP contribution in [0, 0.1) is 5.92 Å². The summed E-state index contributed by atoms with van der Waals surface area (Å²) in [5.41, 5.74) is 1.88. The van der Waals surface area contributed by atoms with Crippen LogP contribution < -0.4 is 14.8 Å². The first kappa shape index (κ1) is 27.0. The molecule has 0 aliphatic rings. The molecule has 0 fully saturated rings. The molecule has 1 N–H and O–H groups in total. The van der Waals surface area contributed by atoms with Crippen molar-refractivity contribution in [1.29, 1.82) is 0 Å². The first-order chi connectivity index (χ1) is 16.4. The summed E-state index contributed by atoms with van der Waals surface area (Å²) < 4.78 is 16.5. The Balaban J connectivity index is 1.86. The molecule has 0 aliphatic carbocycles. The number of benzene rings is 2. The number of carbonyl (C=O) groups is 2. The van der Waals surface area contributed by atoms with Gasteiger partial charge in [-0.05, 0) is 66.8 Å². The number of carbonyl (C=O) groups excluding carboxylic acids is 2. The van der Waals surface area contributed by atoms with E-state index in [1.165, 1.54) is 6.08 Å². The summed E-state index contributed by atoms with van der Waals surface area (Å²) in [7, 11) is 1.59. The fourth-order valence-corrected chi connectivity index (χ4v) is 3.13. The maximum atomic E-state index is 12.3. The Morgan fingerprint density at radius 1 is 0.971 bits per heavy atom. The van der Waals surface area contributed by atoms with Crippen LogP contribution in [0.15, 0.2) is 48.5 Å². The van der Waals surface area contributed by atoms with Gasteiger partial charge in [0, 0.05) is 11.8 Å². The number of methoxy groups -OCH3 is 1. The lowest BCUT2D eigenvalue weighted by Gasteiger charge is -2.12. The van der Waals surface area contributed by atoms with E-state index in [0.29, 0.717) is 41.9 Å². The molecule has 0 aliphatic heterocycles. The fraction of sp³-hybridized carbons (Fsp3) is 0.429. The standard InChI is InChI=1S/C28H37NO5/c1-5-6-7-8-18-34-28(31)23-11-13-24(14-12-23)29-27(30)16-10-22-9-15-25(26(20-22)32-4)33-19-17-21(2)3/h9-16,20-21H,5-8,17-19H2,1-4H3,(H,29,30)/b16-10+. The van der Waals surface area contributed by atoms with Gasteiger partial charge in [0.15, 0.2) is 11.5 Å². The van der Waals surface area contributed by atoms with E-state index < -0.39 is 0 Å². The Hall–Kier alpha value is -3.28. The Morgan fingerprint density at radius 3 is 2.41 bits per heavy atom. The van der Waals surface area contributed by atoms with Crippen LogP contribution in [0.4, 0.5) is 5.69 Å². The molecule has 2 aromatic carbocycles. The normalized spacial score (nSPS) is 11.0. The lowest BCUT2D eigenvalue weighted by atomic mass is 10.1. The van der Waals surface area contributed by atoms with Gasteiger partial charge in [-0.2, -0.15) is 0 Å². The SMILES string of the molecule is CCCCCCOC(=O)c1ccc(NC(=O)/C=C/c2ccc(OCCC(C)C)c(OC)c2)cc1. The van der Waals surface area contributed by atoms with Crippen LogP contribution >= 0.6 is 0 Å². The van der Waals surface area contributed by atoms with Crippen LogP contribution in [0.1, 0.15) is 68.8 Å². The third kappa shape index (κ3) is 9.69. The van der Waals surface area contributed by atoms with Crippen LogP contribution in [0.5, 0.6) is 11.5 Å². The summed E-state index contributed by atoms with van der Waals surface area (Å²) in [6, 6.07) is 12.2. The van der Waals surface area contributed by atoms with Gasteiger partial charge in [0.25, 0.3) is 0 Å². The van der Waals surface area contributed by atoms with E-state index in [4.69, 9.17) is 14.2 Å². The molecule has 0 radical (unpaired) electrons. The Bertz CT molecular complexity index is 934. The maximum absolute atomic E-state index is 12.3. The van der Waals surface area contributed by atoms with Crippen molar-refractivity contribution >= 4 is 23.6 Å². The number of anilines is 1. The molecule has 0 bridgehead atoms. The second-order valence-electron chi connectivity index (χ2n) is 8.54. The fourth-order valence-electron chi connectivity index (χ4n) is 3.13. The molecular weight excluding hydrogens is 430 g/mol. The summed E-state index contributed by atoms with van der Waals surface area (Å²) in [5, 5.41) is 2.79. The highest BCUT2D eigenvalue weighted by atomic mass is 16.5. The highest BCUT2D eigenvalue weighted by Gasteiger charge is 2.08. The van der Waals surface area contributed by atoms with E-state index in [2.05, 4.69) is 26.1 Å². The highest BCUT2D eigenvalue weighted by Crippen LogP contribution is 2.29. The molecule has 0 atom stereocenters. The molecule has 0 saturated carbocycles. The molecule has 2 rings (SSSR count). The molecule has 6 heteroatoms. The summed E-state index contributed by atoms with van der Waals surface area (Å²) in [6.45, 7) is 7.50. The van der Waals surface area contributed by atoms with Crippen molar-refractivity contribution in [1.82, 2.24) is 0 Å². The zero-order chi connectivity index (χ0) is 24.8. The van der Waals surface area contributed by atoms with Gasteiger partial charge in [0.2, 0.25) is 5.91 Å². The van der Waals surface area contributed by atoms with E-state index in [0.717, 1.165) is 37.7 Å². The maximum Gasteiger partial charge on any atom is 0.338 e. The average molecular weight is 468 g/mol. The Morgan fingerprint density at radius 2 is 1.74 bits per heavy atom. The molecule has 0 spiro atoms. The summed E-state index contributed by atoms with van der Waals surface area (Å²) in [4.78, 5) is 24.4. The average Bonchev–Trinajstić information content (AvgIpc) is 2.83. The van der Waals surface area contributed by atoms with E-state index in [1.807, 2.05) is 18.2 Å². The molecule has 34 heavy (non-hydrogen) atoms. The lowest BCUT2D eigenvalue weighted by Crippen LogP contribution is -2.09. The van der Waals surface area contributed by atoms with Crippen LogP contribution in [0.3, 0.4) is 0 Å². The van der Waals surface area contributed by atoms with Gasteiger partial charge in [0.1, 0.15) is 0 Å². The van der Waals surface area contributed by atoms with Gasteiger partial charge in [-0.3, -0.25) is 4.79 Å². The van der Waals surface area contributed by atoms with Crippen molar-refractivity contribution in [2.75, 3.05) is 25.6 Å². The third-order valence-corrected chi connectivity index (χ3v) is 5.19. The minimum absolute atomic E-state index is 0.275. The van der Waals surface area contributed by atoms with Gasteiger partial charge in [-0.1, -0.05) is 46.1 Å². The number of ether oxygens (including phenoxy) is 3. The van der Waals surface area contributed by atoms with Crippen molar-refractivity contribution in [3.05, 3.63) is 59.7 Å². The van der Waals surface area contributed by atoms with E-state index in [9.17, 15) is 9.59 Å². The zero-order valence-electron chi connectivity index (χ0n) is 20.8. The monoisotopic (exact) mass is 467 g/mol. The smallest absolute Gasteiger partial charge is 0.338 e. The summed E-state index contributed by atoms with van der Waals surface area (Å²) >= 11 is 0. The first-order valence-electron chi connectivity index (χ1n) is 12.0. The number of unbranched alkanes of at least 4 members (excludes halogenated alkanes) is 3. The predicted molar refractivity (Wildman–Crippen MR) is 136 cm³/mol. The predicted octanol–water partition coefficient (Wildman–Crippen LogP) is 6.51. The van der Waals surface area contributed by atoms with Gasteiger partial charge in [0.05, 0.1) is 25.9 Å². The molecule has 0 unspecified atom stereocenters. The molecular formula is C28H37NO5. The highest BCUT2D eigenvalue weighted by molar-refractivity contribution is 6.02. The van der Waals surface area contributed by atoms with Crippen LogP contribution in [-0.2, 0) is 9.53 Å². The van der Waals surface area contributed by atoms with E-state index >= 15 is 0 Å². The minimum atomic E-state index is -0.347. The van der Waals surface area contributed by atoms with Crippen molar-refractivity contribution < 1.29 is 23.8 Å². The van der Waals surface area contributed by atoms with E-state index in [1.54, 1.807) is 37.5 Å². The van der Waals surface area contributed by atoms with Crippen LogP contribution in [0.2, 0.25) is 0 Å². The second kappa shape index (κ2) is 14.8. The number of hydrogen-bond donors (Lipinski definition) is 1. The molecule has 184 valence electrons. The van der Waals surface area contributed by atoms with Gasteiger partial charge in [-0.15, -0.1) is 0 Å². The topological polar surface area (TPSA) is 73.9 Å². The summed E-state index contributed by atoms with van der Waals surface area (Å²) in [5.74, 6) is 1.25. The Labute approximate surface area is 203 Å². The summed E-state index contributed by atoms with van der Waals surface area (Å²) in [6.07, 6.45) is 8.35. The second-order valence-corrected chi connectivity index (χ2v) is 8.54. The molecule has 0 saturated heterocycles. The van der Waals surface area contributed by atoms with Crippen LogP contribution in [-0.4, -0.2) is 32.2 Å². The van der Waals surface area contributed by atoms with Gasteiger partial charge < -0.3 is 19.5 Å². The van der Waals surface area contributed by atoms with Gasteiger partial charge in [-0.25, -0.2) is 4.79 Å². The first-order valence-corrected chi connectivity index (χ1v) is 12.0. The Kier molecular flexibility index (Phi) is 11.7. The zero-order valence-corrected chi connectivity index (χ0v) is 20.8. The van der Waals surface area contributed by atoms with Crippen molar-refractivity contribution in [2.24, 2.45) is 5.92 Å². The minimum Gasteiger partial charge on any atom is -0.493 e. The number of rotatable bonds is 14. The van der Waals surface area contributed by atoms with Crippen LogP contribution in [0.25, 0.3) is 6.08 Å². The lowest BCUT2D eigenvalue weighted by molar-refractivity contribution is -0.111. The van der Waals surface area contributed by atoms with Crippen molar-refractivity contribution in [3.63, 3.8) is 0 Å². The molecule has 2 aromatic rings.